The summed E-state index contributed by atoms with van der Waals surface area (Å²) < 4.78 is 21.7. The molecule has 0 atom stereocenters. The van der Waals surface area contributed by atoms with Gasteiger partial charge in [0.2, 0.25) is 0 Å². The Labute approximate surface area is 100 Å². The number of carbonyl (C=O) groups excluding carboxylic acids is 1. The van der Waals surface area contributed by atoms with Gasteiger partial charge in [0.15, 0.2) is 0 Å². The summed E-state index contributed by atoms with van der Waals surface area (Å²) in [6.07, 6.45) is 2.62. The SMILES string of the molecule is CS(=O)(=O)CCNC(=O)c1ccnc(CN)c1. The van der Waals surface area contributed by atoms with Gasteiger partial charge in [-0.1, -0.05) is 0 Å². The smallest absolute Gasteiger partial charge is 0.251 e. The molecule has 0 aliphatic rings. The van der Waals surface area contributed by atoms with Crippen LogP contribution in [0.4, 0.5) is 0 Å². The van der Waals surface area contributed by atoms with Crippen LogP contribution < -0.4 is 11.1 Å². The topological polar surface area (TPSA) is 102 Å². The van der Waals surface area contributed by atoms with Crippen LogP contribution in [0.5, 0.6) is 0 Å². The first kappa shape index (κ1) is 13.6. The molecule has 6 nitrogen and oxygen atoms in total. The van der Waals surface area contributed by atoms with Crippen molar-refractivity contribution in [2.75, 3.05) is 18.6 Å². The monoisotopic (exact) mass is 257 g/mol. The Morgan fingerprint density at radius 3 is 2.82 bits per heavy atom. The number of hydrogen-bond acceptors (Lipinski definition) is 5. The predicted molar refractivity (Wildman–Crippen MR) is 64.2 cm³/mol. The zero-order valence-corrected chi connectivity index (χ0v) is 10.3. The quantitative estimate of drug-likeness (QED) is 0.727. The van der Waals surface area contributed by atoms with E-state index in [1.54, 1.807) is 12.1 Å². The van der Waals surface area contributed by atoms with Crippen molar-refractivity contribution in [1.82, 2.24) is 10.3 Å². The zero-order chi connectivity index (χ0) is 12.9. The summed E-state index contributed by atoms with van der Waals surface area (Å²) in [5.74, 6) is -0.404. The van der Waals surface area contributed by atoms with Gasteiger partial charge in [0.25, 0.3) is 5.91 Å². The second-order valence-corrected chi connectivity index (χ2v) is 5.89. The molecule has 0 unspecified atom stereocenters. The van der Waals surface area contributed by atoms with Gasteiger partial charge in [-0.15, -0.1) is 0 Å². The lowest BCUT2D eigenvalue weighted by Crippen LogP contribution is -2.28. The minimum atomic E-state index is -3.06. The summed E-state index contributed by atoms with van der Waals surface area (Å²) in [5.41, 5.74) is 6.44. The van der Waals surface area contributed by atoms with E-state index in [0.717, 1.165) is 6.26 Å². The van der Waals surface area contributed by atoms with E-state index in [0.29, 0.717) is 11.3 Å². The summed E-state index contributed by atoms with van der Waals surface area (Å²) in [7, 11) is -3.06. The number of aromatic nitrogens is 1. The second kappa shape index (κ2) is 5.74. The Balaban J connectivity index is 2.58. The Morgan fingerprint density at radius 2 is 2.24 bits per heavy atom. The Morgan fingerprint density at radius 1 is 1.53 bits per heavy atom. The number of nitrogens with one attached hydrogen (secondary N) is 1. The molecule has 0 radical (unpaired) electrons. The highest BCUT2D eigenvalue weighted by Gasteiger charge is 2.07. The van der Waals surface area contributed by atoms with Gasteiger partial charge < -0.3 is 11.1 Å². The van der Waals surface area contributed by atoms with Crippen LogP contribution in [-0.4, -0.2) is 37.9 Å². The lowest BCUT2D eigenvalue weighted by atomic mass is 10.2. The van der Waals surface area contributed by atoms with Gasteiger partial charge in [-0.25, -0.2) is 8.42 Å². The molecule has 0 spiro atoms. The van der Waals surface area contributed by atoms with Crippen molar-refractivity contribution in [1.29, 1.82) is 0 Å². The Hall–Kier alpha value is -1.47. The highest BCUT2D eigenvalue weighted by molar-refractivity contribution is 7.90. The lowest BCUT2D eigenvalue weighted by Gasteiger charge is -2.05. The third-order valence-electron chi connectivity index (χ3n) is 2.05. The second-order valence-electron chi connectivity index (χ2n) is 3.63. The van der Waals surface area contributed by atoms with Gasteiger partial charge in [-0.2, -0.15) is 0 Å². The average molecular weight is 257 g/mol. The van der Waals surface area contributed by atoms with E-state index in [1.165, 1.54) is 6.20 Å². The van der Waals surface area contributed by atoms with Crippen molar-refractivity contribution in [3.63, 3.8) is 0 Å². The van der Waals surface area contributed by atoms with Gasteiger partial charge in [0.05, 0.1) is 11.4 Å². The number of hydrogen-bond donors (Lipinski definition) is 2. The third kappa shape index (κ3) is 4.92. The number of sulfone groups is 1. The van der Waals surface area contributed by atoms with E-state index < -0.39 is 9.84 Å². The van der Waals surface area contributed by atoms with Crippen LogP contribution in [0.15, 0.2) is 18.3 Å². The molecule has 1 aromatic heterocycles. The lowest BCUT2D eigenvalue weighted by molar-refractivity contribution is 0.0956. The third-order valence-corrected chi connectivity index (χ3v) is 2.99. The fourth-order valence-corrected chi connectivity index (χ4v) is 1.66. The Bertz CT molecular complexity index is 499. The summed E-state index contributed by atoms with van der Waals surface area (Å²) in [6, 6.07) is 3.13. The summed E-state index contributed by atoms with van der Waals surface area (Å²) >= 11 is 0. The van der Waals surface area contributed by atoms with Crippen LogP contribution in [0, 0.1) is 0 Å². The molecule has 1 aromatic rings. The molecule has 3 N–H and O–H groups in total. The maximum atomic E-state index is 11.6. The minimum Gasteiger partial charge on any atom is -0.351 e. The van der Waals surface area contributed by atoms with E-state index >= 15 is 0 Å². The molecule has 0 bridgehead atoms. The van der Waals surface area contributed by atoms with Gasteiger partial charge in [0, 0.05) is 31.1 Å². The highest BCUT2D eigenvalue weighted by atomic mass is 32.2. The number of carbonyl (C=O) groups is 1. The Kier molecular flexibility index (Phi) is 4.59. The van der Waals surface area contributed by atoms with Crippen molar-refractivity contribution in [2.45, 2.75) is 6.54 Å². The van der Waals surface area contributed by atoms with Crippen molar-refractivity contribution >= 4 is 15.7 Å². The zero-order valence-electron chi connectivity index (χ0n) is 9.51. The standard InChI is InChI=1S/C10H15N3O3S/c1-17(15,16)5-4-13-10(14)8-2-3-12-9(6-8)7-11/h2-3,6H,4-5,7,11H2,1H3,(H,13,14). The molecular formula is C10H15N3O3S. The van der Waals surface area contributed by atoms with Crippen LogP contribution in [-0.2, 0) is 16.4 Å². The first-order chi connectivity index (χ1) is 7.92. The van der Waals surface area contributed by atoms with Gasteiger partial charge >= 0.3 is 0 Å². The first-order valence-corrected chi connectivity index (χ1v) is 7.09. The van der Waals surface area contributed by atoms with E-state index in [4.69, 9.17) is 5.73 Å². The van der Waals surface area contributed by atoms with Crippen LogP contribution in [0.2, 0.25) is 0 Å². The van der Waals surface area contributed by atoms with E-state index in [-0.39, 0.29) is 24.7 Å². The maximum absolute atomic E-state index is 11.6. The number of nitrogens with two attached hydrogens (primary N) is 1. The van der Waals surface area contributed by atoms with Crippen molar-refractivity contribution in [3.05, 3.63) is 29.6 Å². The number of nitrogens with zero attached hydrogens (tertiary/aromatic N) is 1. The van der Waals surface area contributed by atoms with Gasteiger partial charge in [-0.05, 0) is 12.1 Å². The number of amides is 1. The van der Waals surface area contributed by atoms with Crippen LogP contribution in [0.3, 0.4) is 0 Å². The van der Waals surface area contributed by atoms with Gasteiger partial charge in [-0.3, -0.25) is 9.78 Å². The molecule has 0 aliphatic heterocycles. The first-order valence-electron chi connectivity index (χ1n) is 5.03. The van der Waals surface area contributed by atoms with Crippen LogP contribution in [0.25, 0.3) is 0 Å². The fourth-order valence-electron chi connectivity index (χ4n) is 1.18. The average Bonchev–Trinajstić information content (AvgIpc) is 2.27. The molecule has 0 aliphatic carbocycles. The van der Waals surface area contributed by atoms with E-state index in [2.05, 4.69) is 10.3 Å². The number of rotatable bonds is 5. The molecule has 7 heteroatoms. The molecule has 1 heterocycles. The van der Waals surface area contributed by atoms with E-state index in [9.17, 15) is 13.2 Å². The van der Waals surface area contributed by atoms with Gasteiger partial charge in [0.1, 0.15) is 9.84 Å². The predicted octanol–water partition coefficient (Wildman–Crippen LogP) is -0.685. The normalized spacial score (nSPS) is 11.2. The molecule has 94 valence electrons. The number of pyridine rings is 1. The largest absolute Gasteiger partial charge is 0.351 e. The molecule has 17 heavy (non-hydrogen) atoms. The summed E-state index contributed by atoms with van der Waals surface area (Å²) in [6.45, 7) is 0.350. The molecule has 0 saturated carbocycles. The highest BCUT2D eigenvalue weighted by Crippen LogP contribution is 2.00. The van der Waals surface area contributed by atoms with Crippen molar-refractivity contribution in [2.24, 2.45) is 5.73 Å². The van der Waals surface area contributed by atoms with Crippen LogP contribution in [0.1, 0.15) is 16.1 Å². The summed E-state index contributed by atoms with van der Waals surface area (Å²) in [4.78, 5) is 15.6. The van der Waals surface area contributed by atoms with E-state index in [1.807, 2.05) is 0 Å². The summed E-state index contributed by atoms with van der Waals surface area (Å²) in [5, 5.41) is 2.52. The minimum absolute atomic E-state index is 0.0758. The fraction of sp³-hybridized carbons (Fsp3) is 0.400. The van der Waals surface area contributed by atoms with Crippen molar-refractivity contribution in [3.8, 4) is 0 Å². The molecule has 0 saturated heterocycles. The molecular weight excluding hydrogens is 242 g/mol. The molecule has 0 aromatic carbocycles. The van der Waals surface area contributed by atoms with Crippen LogP contribution >= 0.6 is 0 Å². The molecule has 1 rings (SSSR count). The van der Waals surface area contributed by atoms with Crippen molar-refractivity contribution < 1.29 is 13.2 Å². The molecule has 0 fully saturated rings. The maximum Gasteiger partial charge on any atom is 0.251 e. The molecule has 1 amide bonds.